The van der Waals surface area contributed by atoms with Gasteiger partial charge in [-0.2, -0.15) is 0 Å². The van der Waals surface area contributed by atoms with Crippen LogP contribution in [0.25, 0.3) is 0 Å². The molecule has 4 heteroatoms. The van der Waals surface area contributed by atoms with Crippen molar-refractivity contribution in [2.24, 2.45) is 5.73 Å². The lowest BCUT2D eigenvalue weighted by Crippen LogP contribution is -2.52. The largest absolute Gasteiger partial charge is 0.387 e. The van der Waals surface area contributed by atoms with Gasteiger partial charge >= 0.3 is 0 Å². The van der Waals surface area contributed by atoms with E-state index in [-0.39, 0.29) is 12.5 Å². The van der Waals surface area contributed by atoms with Gasteiger partial charge in [0.2, 0.25) is 5.91 Å². The van der Waals surface area contributed by atoms with Crippen molar-refractivity contribution in [3.05, 3.63) is 35.4 Å². The normalized spacial score (nSPS) is 13.2. The van der Waals surface area contributed by atoms with Gasteiger partial charge in [-0.25, -0.2) is 0 Å². The van der Waals surface area contributed by atoms with E-state index in [4.69, 9.17) is 5.73 Å². The summed E-state index contributed by atoms with van der Waals surface area (Å²) < 4.78 is 0. The van der Waals surface area contributed by atoms with E-state index in [1.165, 1.54) is 0 Å². The second-order valence-electron chi connectivity index (χ2n) is 5.49. The fourth-order valence-electron chi connectivity index (χ4n) is 1.87. The number of hydrogen-bond acceptors (Lipinski definition) is 3. The number of benzene rings is 1. The Kier molecular flexibility index (Phi) is 5.09. The van der Waals surface area contributed by atoms with E-state index in [1.807, 2.05) is 38.1 Å². The van der Waals surface area contributed by atoms with Crippen LogP contribution in [-0.4, -0.2) is 34.5 Å². The molecule has 0 saturated carbocycles. The Hall–Kier alpha value is -1.39. The fourth-order valence-corrected chi connectivity index (χ4v) is 1.87. The number of carbonyl (C=O) groups is 1. The van der Waals surface area contributed by atoms with Gasteiger partial charge in [-0.3, -0.25) is 4.79 Å². The molecule has 1 amide bonds. The summed E-state index contributed by atoms with van der Waals surface area (Å²) in [5.41, 5.74) is 6.86. The van der Waals surface area contributed by atoms with Gasteiger partial charge in [0, 0.05) is 6.54 Å². The maximum atomic E-state index is 12.1. The van der Waals surface area contributed by atoms with Crippen molar-refractivity contribution in [1.29, 1.82) is 0 Å². The topological polar surface area (TPSA) is 66.6 Å². The zero-order valence-corrected chi connectivity index (χ0v) is 12.2. The summed E-state index contributed by atoms with van der Waals surface area (Å²) in [6, 6.07) is 7.66. The molecule has 0 aliphatic rings. The minimum absolute atomic E-state index is 0.152. The van der Waals surface area contributed by atoms with E-state index < -0.39 is 11.6 Å². The van der Waals surface area contributed by atoms with Gasteiger partial charge in [0.25, 0.3) is 0 Å². The lowest BCUT2D eigenvalue weighted by molar-refractivity contribution is -0.137. The van der Waals surface area contributed by atoms with Crippen LogP contribution in [0, 0.1) is 6.92 Å². The van der Waals surface area contributed by atoms with Crippen LogP contribution in [0.5, 0.6) is 0 Å². The molecule has 1 aromatic carbocycles. The molecule has 0 aromatic heterocycles. The molecule has 0 bridgehead atoms. The first-order valence-electron chi connectivity index (χ1n) is 6.58. The maximum absolute atomic E-state index is 12.1. The molecule has 1 aromatic rings. The molecule has 19 heavy (non-hydrogen) atoms. The summed E-state index contributed by atoms with van der Waals surface area (Å²) in [5, 5.41) is 10.2. The van der Waals surface area contributed by atoms with Crippen molar-refractivity contribution in [2.45, 2.75) is 39.3 Å². The van der Waals surface area contributed by atoms with E-state index in [0.29, 0.717) is 6.54 Å². The number of nitrogens with two attached hydrogens (primary N) is 1. The second-order valence-corrected chi connectivity index (χ2v) is 5.49. The molecule has 0 saturated heterocycles. The predicted molar refractivity (Wildman–Crippen MR) is 76.7 cm³/mol. The molecule has 0 aliphatic carbocycles. The Bertz CT molecular complexity index is 421. The number of likely N-dealkylation sites (N-methyl/N-ethyl adjacent to an activating group) is 1. The number of hydrogen-bond donors (Lipinski definition) is 2. The van der Waals surface area contributed by atoms with Crippen molar-refractivity contribution >= 4 is 5.91 Å². The van der Waals surface area contributed by atoms with Gasteiger partial charge < -0.3 is 15.7 Å². The number of aliphatic hydroxyl groups is 1. The average molecular weight is 264 g/mol. The zero-order chi connectivity index (χ0) is 14.6. The summed E-state index contributed by atoms with van der Waals surface area (Å²) in [5.74, 6) is -0.152. The van der Waals surface area contributed by atoms with Crippen LogP contribution in [-0.2, 0) is 4.79 Å². The van der Waals surface area contributed by atoms with Crippen LogP contribution in [0.4, 0.5) is 0 Å². The maximum Gasteiger partial charge on any atom is 0.242 e. The molecule has 0 spiro atoms. The number of aliphatic hydroxyl groups excluding tert-OH is 1. The predicted octanol–water partition coefficient (Wildman–Crippen LogP) is 1.61. The summed E-state index contributed by atoms with van der Waals surface area (Å²) in [6.07, 6.45) is -0.688. The van der Waals surface area contributed by atoms with E-state index in [2.05, 4.69) is 0 Å². The van der Waals surface area contributed by atoms with Crippen molar-refractivity contribution in [2.75, 3.05) is 13.1 Å². The van der Waals surface area contributed by atoms with Crippen LogP contribution in [0.15, 0.2) is 24.3 Å². The van der Waals surface area contributed by atoms with Crippen LogP contribution < -0.4 is 5.73 Å². The van der Waals surface area contributed by atoms with Crippen LogP contribution in [0.2, 0.25) is 0 Å². The summed E-state index contributed by atoms with van der Waals surface area (Å²) in [4.78, 5) is 13.7. The fraction of sp³-hybridized carbons (Fsp3) is 0.533. The van der Waals surface area contributed by atoms with Crippen LogP contribution in [0.3, 0.4) is 0 Å². The van der Waals surface area contributed by atoms with Gasteiger partial charge in [0.1, 0.15) is 0 Å². The smallest absolute Gasteiger partial charge is 0.242 e. The molecular formula is C15H24N2O2. The van der Waals surface area contributed by atoms with Gasteiger partial charge in [-0.05, 0) is 33.3 Å². The van der Waals surface area contributed by atoms with E-state index in [1.54, 1.807) is 18.7 Å². The minimum Gasteiger partial charge on any atom is -0.387 e. The molecule has 1 rings (SSSR count). The second kappa shape index (κ2) is 6.17. The van der Waals surface area contributed by atoms with Gasteiger partial charge in [-0.1, -0.05) is 29.8 Å². The first kappa shape index (κ1) is 15.7. The Labute approximate surface area is 115 Å². The highest BCUT2D eigenvalue weighted by Gasteiger charge is 2.28. The quantitative estimate of drug-likeness (QED) is 0.849. The zero-order valence-electron chi connectivity index (χ0n) is 12.2. The van der Waals surface area contributed by atoms with Crippen molar-refractivity contribution in [1.82, 2.24) is 4.90 Å². The van der Waals surface area contributed by atoms with Crippen LogP contribution >= 0.6 is 0 Å². The monoisotopic (exact) mass is 264 g/mol. The summed E-state index contributed by atoms with van der Waals surface area (Å²) in [6.45, 7) is 8.02. The first-order valence-corrected chi connectivity index (χ1v) is 6.58. The molecule has 0 fully saturated rings. The van der Waals surface area contributed by atoms with Crippen molar-refractivity contribution in [3.63, 3.8) is 0 Å². The van der Waals surface area contributed by atoms with E-state index >= 15 is 0 Å². The number of rotatable bonds is 5. The SMILES string of the molecule is CCN(CC(O)c1ccc(C)cc1)C(=O)C(C)(C)N. The van der Waals surface area contributed by atoms with E-state index in [0.717, 1.165) is 11.1 Å². The molecule has 0 radical (unpaired) electrons. The number of nitrogens with zero attached hydrogens (tertiary/aromatic N) is 1. The number of aryl methyl sites for hydroxylation is 1. The molecule has 1 unspecified atom stereocenters. The Morgan fingerprint density at radius 1 is 1.37 bits per heavy atom. The third-order valence-electron chi connectivity index (χ3n) is 3.08. The molecule has 0 aliphatic heterocycles. The molecular weight excluding hydrogens is 240 g/mol. The highest BCUT2D eigenvalue weighted by atomic mass is 16.3. The molecule has 3 N–H and O–H groups in total. The Morgan fingerprint density at radius 3 is 2.32 bits per heavy atom. The number of carbonyl (C=O) groups excluding carboxylic acids is 1. The molecule has 1 atom stereocenters. The van der Waals surface area contributed by atoms with E-state index in [9.17, 15) is 9.90 Å². The highest BCUT2D eigenvalue weighted by molar-refractivity contribution is 5.85. The highest BCUT2D eigenvalue weighted by Crippen LogP contribution is 2.16. The van der Waals surface area contributed by atoms with Crippen LogP contribution in [0.1, 0.15) is 38.0 Å². The molecule has 106 valence electrons. The standard InChI is InChI=1S/C15H24N2O2/c1-5-17(14(19)15(3,4)16)10-13(18)12-8-6-11(2)7-9-12/h6-9,13,18H,5,10,16H2,1-4H3. The average Bonchev–Trinajstić information content (AvgIpc) is 2.34. The Morgan fingerprint density at radius 2 is 1.89 bits per heavy atom. The lowest BCUT2D eigenvalue weighted by Gasteiger charge is -2.30. The van der Waals surface area contributed by atoms with Gasteiger partial charge in [0.15, 0.2) is 0 Å². The third-order valence-corrected chi connectivity index (χ3v) is 3.08. The third kappa shape index (κ3) is 4.33. The molecule has 0 heterocycles. The van der Waals surface area contributed by atoms with Crippen molar-refractivity contribution in [3.8, 4) is 0 Å². The summed E-state index contributed by atoms with van der Waals surface area (Å²) >= 11 is 0. The first-order chi connectivity index (χ1) is 8.75. The summed E-state index contributed by atoms with van der Waals surface area (Å²) in [7, 11) is 0. The lowest BCUT2D eigenvalue weighted by atomic mass is 10.0. The number of amides is 1. The minimum atomic E-state index is -0.914. The molecule has 4 nitrogen and oxygen atoms in total. The van der Waals surface area contributed by atoms with Crippen molar-refractivity contribution < 1.29 is 9.90 Å². The van der Waals surface area contributed by atoms with Gasteiger partial charge in [0.05, 0.1) is 18.2 Å². The van der Waals surface area contributed by atoms with Gasteiger partial charge in [-0.15, -0.1) is 0 Å². The Balaban J connectivity index is 2.76.